The van der Waals surface area contributed by atoms with E-state index in [9.17, 15) is 4.79 Å². The van der Waals surface area contributed by atoms with Crippen LogP contribution in [-0.2, 0) is 4.79 Å². The molecule has 1 aromatic rings. The number of thioether (sulfide) groups is 1. The highest BCUT2D eigenvalue weighted by molar-refractivity contribution is 7.98. The lowest BCUT2D eigenvalue weighted by Crippen LogP contribution is -2.42. The Morgan fingerprint density at radius 2 is 2.11 bits per heavy atom. The van der Waals surface area contributed by atoms with Crippen molar-refractivity contribution in [3.63, 3.8) is 0 Å². The summed E-state index contributed by atoms with van der Waals surface area (Å²) < 4.78 is 0. The van der Waals surface area contributed by atoms with Crippen LogP contribution in [0.5, 0.6) is 0 Å². The molecule has 3 nitrogen and oxygen atoms in total. The second kappa shape index (κ2) is 7.44. The van der Waals surface area contributed by atoms with Crippen molar-refractivity contribution >= 4 is 17.7 Å². The largest absolute Gasteiger partial charge is 0.348 e. The zero-order chi connectivity index (χ0) is 13.5. The average Bonchev–Trinajstić information content (AvgIpc) is 2.36. The molecule has 18 heavy (non-hydrogen) atoms. The highest BCUT2D eigenvalue weighted by Gasteiger charge is 2.16. The van der Waals surface area contributed by atoms with Gasteiger partial charge in [0.05, 0.1) is 12.1 Å². The highest BCUT2D eigenvalue weighted by atomic mass is 32.2. The zero-order valence-corrected chi connectivity index (χ0v) is 12.1. The van der Waals surface area contributed by atoms with Crippen molar-refractivity contribution in [1.82, 2.24) is 5.32 Å². The quantitative estimate of drug-likeness (QED) is 0.830. The molecule has 3 N–H and O–H groups in total. The van der Waals surface area contributed by atoms with Gasteiger partial charge in [-0.2, -0.15) is 11.8 Å². The summed E-state index contributed by atoms with van der Waals surface area (Å²) in [4.78, 5) is 11.9. The van der Waals surface area contributed by atoms with Crippen LogP contribution in [0.15, 0.2) is 24.3 Å². The maximum absolute atomic E-state index is 11.9. The van der Waals surface area contributed by atoms with E-state index in [0.29, 0.717) is 6.42 Å². The molecule has 0 saturated heterocycles. The average molecular weight is 266 g/mol. The van der Waals surface area contributed by atoms with E-state index in [1.165, 1.54) is 5.56 Å². The number of hydrogen-bond acceptors (Lipinski definition) is 3. The molecule has 0 radical (unpaired) electrons. The molecule has 1 rings (SSSR count). The standard InChI is InChI=1S/C14H22N2OS/c1-10-6-4-5-7-12(10)11(2)16-14(17)13(15)8-9-18-3/h4-7,11,13H,8-9,15H2,1-3H3,(H,16,17)/t11-,13+/m1/s1. The Balaban J connectivity index is 2.57. The summed E-state index contributed by atoms with van der Waals surface area (Å²) in [5.74, 6) is 0.840. The smallest absolute Gasteiger partial charge is 0.237 e. The van der Waals surface area contributed by atoms with E-state index in [1.54, 1.807) is 11.8 Å². The Labute approximate surface area is 114 Å². The minimum absolute atomic E-state index is 0.000899. The lowest BCUT2D eigenvalue weighted by molar-refractivity contribution is -0.123. The van der Waals surface area contributed by atoms with Crippen molar-refractivity contribution in [1.29, 1.82) is 0 Å². The number of benzene rings is 1. The number of carbonyl (C=O) groups is 1. The normalized spacial score (nSPS) is 14.0. The number of rotatable bonds is 6. The summed E-state index contributed by atoms with van der Waals surface area (Å²) in [6, 6.07) is 7.65. The van der Waals surface area contributed by atoms with E-state index in [4.69, 9.17) is 5.73 Å². The van der Waals surface area contributed by atoms with E-state index in [-0.39, 0.29) is 11.9 Å². The van der Waals surface area contributed by atoms with Gasteiger partial charge in [0.15, 0.2) is 0 Å². The molecule has 0 aliphatic rings. The molecule has 1 aromatic carbocycles. The Hall–Kier alpha value is -1.00. The first-order chi connectivity index (χ1) is 8.56. The van der Waals surface area contributed by atoms with Gasteiger partial charge in [0, 0.05) is 0 Å². The minimum Gasteiger partial charge on any atom is -0.348 e. The molecule has 0 spiro atoms. The van der Waals surface area contributed by atoms with Crippen LogP contribution in [0.1, 0.15) is 30.5 Å². The van der Waals surface area contributed by atoms with Crippen LogP contribution >= 0.6 is 11.8 Å². The number of carbonyl (C=O) groups excluding carboxylic acids is 1. The third-order valence-corrected chi connectivity index (χ3v) is 3.63. The second-order valence-corrected chi connectivity index (χ2v) is 5.46. The molecule has 2 atom stereocenters. The van der Waals surface area contributed by atoms with E-state index in [0.717, 1.165) is 11.3 Å². The minimum atomic E-state index is -0.413. The van der Waals surface area contributed by atoms with Crippen LogP contribution in [0.2, 0.25) is 0 Å². The fraction of sp³-hybridized carbons (Fsp3) is 0.500. The van der Waals surface area contributed by atoms with Crippen molar-refractivity contribution in [3.05, 3.63) is 35.4 Å². The lowest BCUT2D eigenvalue weighted by Gasteiger charge is -2.19. The van der Waals surface area contributed by atoms with Gasteiger partial charge in [-0.05, 0) is 43.4 Å². The fourth-order valence-corrected chi connectivity index (χ4v) is 2.34. The van der Waals surface area contributed by atoms with Crippen molar-refractivity contribution in [2.75, 3.05) is 12.0 Å². The fourth-order valence-electron chi connectivity index (χ4n) is 1.85. The third kappa shape index (κ3) is 4.35. The lowest BCUT2D eigenvalue weighted by atomic mass is 10.0. The molecular weight excluding hydrogens is 244 g/mol. The van der Waals surface area contributed by atoms with Gasteiger partial charge >= 0.3 is 0 Å². The molecule has 4 heteroatoms. The van der Waals surface area contributed by atoms with Gasteiger partial charge in [0.2, 0.25) is 5.91 Å². The van der Waals surface area contributed by atoms with Gasteiger partial charge in [-0.15, -0.1) is 0 Å². The van der Waals surface area contributed by atoms with Gasteiger partial charge in [-0.25, -0.2) is 0 Å². The van der Waals surface area contributed by atoms with Gasteiger partial charge in [-0.1, -0.05) is 24.3 Å². The molecule has 100 valence electrons. The monoisotopic (exact) mass is 266 g/mol. The van der Waals surface area contributed by atoms with E-state index < -0.39 is 6.04 Å². The summed E-state index contributed by atoms with van der Waals surface area (Å²) in [5, 5.41) is 2.97. The van der Waals surface area contributed by atoms with Crippen molar-refractivity contribution in [2.45, 2.75) is 32.4 Å². The summed E-state index contributed by atoms with van der Waals surface area (Å²) in [5.41, 5.74) is 8.17. The van der Waals surface area contributed by atoms with Crippen LogP contribution in [0.3, 0.4) is 0 Å². The highest BCUT2D eigenvalue weighted by Crippen LogP contribution is 2.16. The summed E-state index contributed by atoms with van der Waals surface area (Å²) in [6.07, 6.45) is 2.73. The third-order valence-electron chi connectivity index (χ3n) is 2.98. The number of hydrogen-bond donors (Lipinski definition) is 2. The maximum Gasteiger partial charge on any atom is 0.237 e. The molecule has 1 amide bonds. The SMILES string of the molecule is CSCC[C@H](N)C(=O)N[C@H](C)c1ccccc1C. The first-order valence-corrected chi connectivity index (χ1v) is 7.56. The number of nitrogens with two attached hydrogens (primary N) is 1. The number of aryl methyl sites for hydroxylation is 1. The first-order valence-electron chi connectivity index (χ1n) is 6.16. The molecule has 0 heterocycles. The predicted molar refractivity (Wildman–Crippen MR) is 78.7 cm³/mol. The topological polar surface area (TPSA) is 55.1 Å². The summed E-state index contributed by atoms with van der Waals surface area (Å²) in [6.45, 7) is 4.03. The second-order valence-electron chi connectivity index (χ2n) is 4.47. The van der Waals surface area contributed by atoms with Gasteiger partial charge in [0.1, 0.15) is 0 Å². The van der Waals surface area contributed by atoms with Gasteiger partial charge in [0.25, 0.3) is 0 Å². The van der Waals surface area contributed by atoms with Crippen LogP contribution in [0.4, 0.5) is 0 Å². The van der Waals surface area contributed by atoms with Gasteiger partial charge in [-0.3, -0.25) is 4.79 Å². The molecule has 0 aliphatic carbocycles. The van der Waals surface area contributed by atoms with Crippen molar-refractivity contribution < 1.29 is 4.79 Å². The molecule has 0 saturated carbocycles. The molecule has 0 unspecified atom stereocenters. The number of amides is 1. The maximum atomic E-state index is 11.9. The van der Waals surface area contributed by atoms with E-state index >= 15 is 0 Å². The van der Waals surface area contributed by atoms with Crippen LogP contribution in [0.25, 0.3) is 0 Å². The molecular formula is C14H22N2OS. The summed E-state index contributed by atoms with van der Waals surface area (Å²) in [7, 11) is 0. The van der Waals surface area contributed by atoms with Crippen LogP contribution < -0.4 is 11.1 Å². The Morgan fingerprint density at radius 3 is 2.72 bits per heavy atom. The Morgan fingerprint density at radius 1 is 1.44 bits per heavy atom. The molecule has 0 bridgehead atoms. The molecule has 0 aliphatic heterocycles. The van der Waals surface area contributed by atoms with Crippen molar-refractivity contribution in [2.24, 2.45) is 5.73 Å². The van der Waals surface area contributed by atoms with Crippen molar-refractivity contribution in [3.8, 4) is 0 Å². The molecule has 0 fully saturated rings. The van der Waals surface area contributed by atoms with E-state index in [2.05, 4.69) is 5.32 Å². The predicted octanol–water partition coefficient (Wildman–Crippen LogP) is 2.25. The first kappa shape index (κ1) is 15.1. The van der Waals surface area contributed by atoms with Gasteiger partial charge < -0.3 is 11.1 Å². The Bertz CT molecular complexity index is 395. The zero-order valence-electron chi connectivity index (χ0n) is 11.3. The Kier molecular flexibility index (Phi) is 6.22. The summed E-state index contributed by atoms with van der Waals surface area (Å²) >= 11 is 1.71. The van der Waals surface area contributed by atoms with E-state index in [1.807, 2.05) is 44.4 Å². The molecule has 0 aromatic heterocycles. The number of nitrogens with one attached hydrogen (secondary N) is 1. The van der Waals surface area contributed by atoms with Crippen LogP contribution in [-0.4, -0.2) is 24.0 Å². The van der Waals surface area contributed by atoms with Crippen LogP contribution in [0, 0.1) is 6.92 Å².